The molecule has 3 heterocycles. The van der Waals surface area contributed by atoms with Crippen LogP contribution in [0.5, 0.6) is 5.75 Å². The topological polar surface area (TPSA) is 99.6 Å². The minimum absolute atomic E-state index is 0.114. The van der Waals surface area contributed by atoms with Crippen LogP contribution >= 0.6 is 15.9 Å². The number of aryl methyl sites for hydroxylation is 2. The maximum absolute atomic E-state index is 15.0. The fourth-order valence-electron chi connectivity index (χ4n) is 7.79. The number of hydrogen-bond donors (Lipinski definition) is 1. The number of aliphatic hydroxyl groups excluding tert-OH is 1. The molecule has 2 bridgehead atoms. The van der Waals surface area contributed by atoms with Crippen LogP contribution in [0.3, 0.4) is 0 Å². The van der Waals surface area contributed by atoms with Gasteiger partial charge in [0, 0.05) is 42.4 Å². The number of amides is 3. The Hall–Kier alpha value is -3.47. The van der Waals surface area contributed by atoms with Crippen molar-refractivity contribution in [1.29, 1.82) is 0 Å². The Balaban J connectivity index is 1.55. The standard InChI is InChI=1S/C38H48BrN3O6/c1-6-19-40(27-15-17-28(18-16-27)47-8-3)35(44)31-32-36(45)42(21-11-9-10-12-22-43)34(38(32)24-29(39)33(31)48-38)37(46)41(20-7-2)30-23-25(4)13-14-26(30)5/h6-7,13-18,23,29,31-34,43H,1-2,8-12,19-22,24H2,3-5H3/t29?,31-,32-,33-,34?,38?/m0/s1. The van der Waals surface area contributed by atoms with Gasteiger partial charge in [-0.25, -0.2) is 0 Å². The van der Waals surface area contributed by atoms with E-state index in [0.717, 1.165) is 29.7 Å². The molecule has 10 heteroatoms. The van der Waals surface area contributed by atoms with E-state index < -0.39 is 29.6 Å². The van der Waals surface area contributed by atoms with Crippen molar-refractivity contribution in [2.24, 2.45) is 11.8 Å². The number of fused-ring (bicyclic) bond motifs is 1. The highest BCUT2D eigenvalue weighted by molar-refractivity contribution is 9.09. The summed E-state index contributed by atoms with van der Waals surface area (Å²) in [4.78, 5) is 49.1. The van der Waals surface area contributed by atoms with Gasteiger partial charge in [-0.15, -0.1) is 13.2 Å². The van der Waals surface area contributed by atoms with Gasteiger partial charge >= 0.3 is 0 Å². The van der Waals surface area contributed by atoms with Crippen molar-refractivity contribution in [1.82, 2.24) is 4.90 Å². The lowest BCUT2D eigenvalue weighted by molar-refractivity contribution is -0.140. The molecule has 9 nitrogen and oxygen atoms in total. The number of benzene rings is 2. The van der Waals surface area contributed by atoms with E-state index in [0.29, 0.717) is 43.9 Å². The highest BCUT2D eigenvalue weighted by Gasteiger charge is 2.77. The number of carbonyl (C=O) groups excluding carboxylic acids is 3. The summed E-state index contributed by atoms with van der Waals surface area (Å²) in [6, 6.07) is 12.4. The molecule has 5 rings (SSSR count). The van der Waals surface area contributed by atoms with E-state index in [2.05, 4.69) is 29.1 Å². The zero-order chi connectivity index (χ0) is 34.6. The largest absolute Gasteiger partial charge is 0.494 e. The molecule has 0 saturated carbocycles. The zero-order valence-electron chi connectivity index (χ0n) is 28.3. The van der Waals surface area contributed by atoms with Crippen LogP contribution in [0.4, 0.5) is 11.4 Å². The van der Waals surface area contributed by atoms with Crippen molar-refractivity contribution < 1.29 is 29.0 Å². The number of hydrogen-bond acceptors (Lipinski definition) is 6. The maximum Gasteiger partial charge on any atom is 0.253 e. The summed E-state index contributed by atoms with van der Waals surface area (Å²) in [5, 5.41) is 9.29. The third-order valence-electron chi connectivity index (χ3n) is 9.89. The van der Waals surface area contributed by atoms with Crippen LogP contribution in [-0.4, -0.2) is 83.2 Å². The lowest BCUT2D eigenvalue weighted by Crippen LogP contribution is -2.57. The predicted octanol–water partition coefficient (Wildman–Crippen LogP) is 5.74. The second-order valence-corrected chi connectivity index (χ2v) is 14.2. The third-order valence-corrected chi connectivity index (χ3v) is 10.7. The minimum atomic E-state index is -1.19. The van der Waals surface area contributed by atoms with Crippen molar-refractivity contribution in [2.45, 2.75) is 75.4 Å². The number of nitrogens with zero attached hydrogens (tertiary/aromatic N) is 3. The molecule has 3 aliphatic heterocycles. The SMILES string of the molecule is C=CCN(C(=O)[C@H]1[C@H]2C(=O)N(CCCCCCO)C(C(=O)N(CC=C)c3cc(C)ccc3C)C23CC(Br)[C@@H]1O3)c1ccc(OCC)cc1. The fraction of sp³-hybridized carbons (Fsp3) is 0.500. The van der Waals surface area contributed by atoms with Crippen molar-refractivity contribution in [3.8, 4) is 5.75 Å². The van der Waals surface area contributed by atoms with Gasteiger partial charge in [-0.05, 0) is 81.5 Å². The highest BCUT2D eigenvalue weighted by atomic mass is 79.9. The van der Waals surface area contributed by atoms with Crippen molar-refractivity contribution in [3.05, 3.63) is 78.9 Å². The Morgan fingerprint density at radius 3 is 2.40 bits per heavy atom. The number of ether oxygens (including phenoxy) is 2. The van der Waals surface area contributed by atoms with Gasteiger partial charge in [0.05, 0.1) is 24.5 Å². The summed E-state index contributed by atoms with van der Waals surface area (Å²) in [5.41, 5.74) is 2.19. The van der Waals surface area contributed by atoms with Gasteiger partial charge in [0.15, 0.2) is 0 Å². The number of aliphatic hydroxyl groups is 1. The number of alkyl halides is 1. The molecule has 3 unspecified atom stereocenters. The summed E-state index contributed by atoms with van der Waals surface area (Å²) in [5.74, 6) is -1.62. The molecule has 3 amide bonds. The Labute approximate surface area is 292 Å². The van der Waals surface area contributed by atoms with Gasteiger partial charge in [0.2, 0.25) is 11.8 Å². The molecule has 0 aliphatic carbocycles. The van der Waals surface area contributed by atoms with Crippen LogP contribution in [0.2, 0.25) is 0 Å². The summed E-state index contributed by atoms with van der Waals surface area (Å²) in [6.07, 6.45) is 6.17. The van der Waals surface area contributed by atoms with Gasteiger partial charge in [-0.1, -0.05) is 53.1 Å². The van der Waals surface area contributed by atoms with E-state index in [4.69, 9.17) is 9.47 Å². The Bertz CT molecular complexity index is 1510. The first-order valence-corrected chi connectivity index (χ1v) is 17.9. The van der Waals surface area contributed by atoms with E-state index in [1.165, 1.54) is 0 Å². The number of halogens is 1. The van der Waals surface area contributed by atoms with Gasteiger partial charge in [-0.3, -0.25) is 14.4 Å². The summed E-state index contributed by atoms with van der Waals surface area (Å²) < 4.78 is 12.4. The monoisotopic (exact) mass is 721 g/mol. The summed E-state index contributed by atoms with van der Waals surface area (Å²) in [6.45, 7) is 15.2. The van der Waals surface area contributed by atoms with Crippen LogP contribution in [0, 0.1) is 25.7 Å². The Morgan fingerprint density at radius 2 is 1.73 bits per heavy atom. The molecule has 0 radical (unpaired) electrons. The normalized spacial score (nSPS) is 25.6. The number of carbonyl (C=O) groups is 3. The zero-order valence-corrected chi connectivity index (χ0v) is 29.9. The van der Waals surface area contributed by atoms with Crippen molar-refractivity contribution in [2.75, 3.05) is 42.6 Å². The number of likely N-dealkylation sites (tertiary alicyclic amines) is 1. The molecular weight excluding hydrogens is 674 g/mol. The average molecular weight is 723 g/mol. The quantitative estimate of drug-likeness (QED) is 0.135. The van der Waals surface area contributed by atoms with E-state index in [-0.39, 0.29) is 42.2 Å². The van der Waals surface area contributed by atoms with E-state index in [1.54, 1.807) is 26.9 Å². The van der Waals surface area contributed by atoms with Gasteiger partial charge in [-0.2, -0.15) is 0 Å². The molecule has 2 aromatic carbocycles. The van der Waals surface area contributed by atoms with Gasteiger partial charge < -0.3 is 29.3 Å². The Morgan fingerprint density at radius 1 is 1.04 bits per heavy atom. The molecular formula is C38H48BrN3O6. The first kappa shape index (κ1) is 35.8. The molecule has 3 fully saturated rings. The lowest BCUT2D eigenvalue weighted by atomic mass is 9.70. The van der Waals surface area contributed by atoms with E-state index >= 15 is 0 Å². The second-order valence-electron chi connectivity index (χ2n) is 13.0. The highest BCUT2D eigenvalue weighted by Crippen LogP contribution is 2.60. The molecule has 258 valence electrons. The number of anilines is 2. The van der Waals surface area contributed by atoms with Gasteiger partial charge in [0.25, 0.3) is 5.91 Å². The Kier molecular flexibility index (Phi) is 11.5. The van der Waals surface area contributed by atoms with Crippen LogP contribution in [0.15, 0.2) is 67.8 Å². The fourth-order valence-corrected chi connectivity index (χ4v) is 8.74. The number of rotatable bonds is 16. The summed E-state index contributed by atoms with van der Waals surface area (Å²) >= 11 is 3.81. The van der Waals surface area contributed by atoms with E-state index in [9.17, 15) is 19.5 Å². The van der Waals surface area contributed by atoms with Crippen LogP contribution in [0.1, 0.15) is 50.2 Å². The smallest absolute Gasteiger partial charge is 0.253 e. The second kappa shape index (κ2) is 15.4. The first-order chi connectivity index (χ1) is 23.1. The minimum Gasteiger partial charge on any atom is -0.494 e. The lowest BCUT2D eigenvalue weighted by Gasteiger charge is -2.38. The maximum atomic E-state index is 15.0. The molecule has 3 saturated heterocycles. The predicted molar refractivity (Wildman–Crippen MR) is 192 cm³/mol. The van der Waals surface area contributed by atoms with Crippen LogP contribution in [-0.2, 0) is 19.1 Å². The van der Waals surface area contributed by atoms with E-state index in [1.807, 2.05) is 63.2 Å². The molecule has 48 heavy (non-hydrogen) atoms. The van der Waals surface area contributed by atoms with Gasteiger partial charge in [0.1, 0.15) is 17.4 Å². The molecule has 0 aromatic heterocycles. The molecule has 1 N–H and O–H groups in total. The molecule has 2 aromatic rings. The first-order valence-electron chi connectivity index (χ1n) is 17.0. The molecule has 6 atom stereocenters. The van der Waals surface area contributed by atoms with Crippen LogP contribution < -0.4 is 14.5 Å². The third kappa shape index (κ3) is 6.59. The number of unbranched alkanes of at least 4 members (excludes halogenated alkanes) is 3. The molecule has 1 spiro atoms. The molecule has 3 aliphatic rings. The summed E-state index contributed by atoms with van der Waals surface area (Å²) in [7, 11) is 0. The van der Waals surface area contributed by atoms with Crippen molar-refractivity contribution >= 4 is 45.0 Å². The van der Waals surface area contributed by atoms with Crippen LogP contribution in [0.25, 0.3) is 0 Å². The average Bonchev–Trinajstić information content (AvgIpc) is 3.66. The van der Waals surface area contributed by atoms with Crippen molar-refractivity contribution in [3.63, 3.8) is 0 Å².